The lowest BCUT2D eigenvalue weighted by Gasteiger charge is -2.06. The van der Waals surface area contributed by atoms with E-state index in [0.717, 1.165) is 0 Å². The Morgan fingerprint density at radius 1 is 1.33 bits per heavy atom. The highest BCUT2D eigenvalue weighted by Gasteiger charge is 2.06. The molecule has 0 radical (unpaired) electrons. The molecule has 2 rings (SSSR count). The molecule has 6 heteroatoms. The van der Waals surface area contributed by atoms with E-state index in [2.05, 4.69) is 5.32 Å². The molecule has 0 spiro atoms. The number of nitrogens with one attached hydrogen (secondary N) is 1. The van der Waals surface area contributed by atoms with Crippen molar-refractivity contribution in [3.05, 3.63) is 53.8 Å². The number of carbonyl (C=O) groups is 1. The molecular formula is C15H12FN3OS. The summed E-state index contributed by atoms with van der Waals surface area (Å²) in [6.45, 7) is 0. The van der Waals surface area contributed by atoms with Crippen LogP contribution in [-0.2, 0) is 4.79 Å². The molecule has 3 N–H and O–H groups in total. The standard InChI is InChI=1S/C15H12FN3OS/c16-11-5-12(18)7-14(6-11)21-9-15(20)19-13-3-1-2-10(4-13)8-17/h1-7H,9,18H2,(H,19,20). The third-order valence-electron chi connectivity index (χ3n) is 2.54. The number of thioether (sulfide) groups is 1. The number of nitrogen functional groups attached to an aromatic ring is 1. The van der Waals surface area contributed by atoms with Gasteiger partial charge in [0.15, 0.2) is 0 Å². The van der Waals surface area contributed by atoms with Crippen LogP contribution in [0.2, 0.25) is 0 Å². The quantitative estimate of drug-likeness (QED) is 0.672. The highest BCUT2D eigenvalue weighted by molar-refractivity contribution is 8.00. The van der Waals surface area contributed by atoms with Crippen molar-refractivity contribution < 1.29 is 9.18 Å². The van der Waals surface area contributed by atoms with Crippen LogP contribution in [-0.4, -0.2) is 11.7 Å². The first-order chi connectivity index (χ1) is 10.1. The van der Waals surface area contributed by atoms with Gasteiger partial charge in [-0.3, -0.25) is 4.79 Å². The normalized spacial score (nSPS) is 9.90. The van der Waals surface area contributed by atoms with E-state index in [9.17, 15) is 9.18 Å². The summed E-state index contributed by atoms with van der Waals surface area (Å²) < 4.78 is 13.2. The Morgan fingerprint density at radius 2 is 2.14 bits per heavy atom. The molecule has 0 bridgehead atoms. The number of hydrogen-bond donors (Lipinski definition) is 2. The molecule has 1 amide bonds. The predicted molar refractivity (Wildman–Crippen MR) is 81.3 cm³/mol. The number of nitrogens with two attached hydrogens (primary N) is 1. The molecule has 0 fully saturated rings. The lowest BCUT2D eigenvalue weighted by atomic mass is 10.2. The van der Waals surface area contributed by atoms with Gasteiger partial charge in [0.05, 0.1) is 17.4 Å². The topological polar surface area (TPSA) is 78.9 Å². The van der Waals surface area contributed by atoms with Crippen LogP contribution in [0.4, 0.5) is 15.8 Å². The van der Waals surface area contributed by atoms with E-state index in [1.54, 1.807) is 30.3 Å². The molecule has 2 aromatic rings. The van der Waals surface area contributed by atoms with Gasteiger partial charge in [-0.05, 0) is 36.4 Å². The van der Waals surface area contributed by atoms with Crippen LogP contribution in [0.3, 0.4) is 0 Å². The van der Waals surface area contributed by atoms with Gasteiger partial charge in [-0.25, -0.2) is 4.39 Å². The fourth-order valence-corrected chi connectivity index (χ4v) is 2.47. The molecule has 2 aromatic carbocycles. The van der Waals surface area contributed by atoms with Gasteiger partial charge in [0.25, 0.3) is 0 Å². The monoisotopic (exact) mass is 301 g/mol. The van der Waals surface area contributed by atoms with E-state index in [1.807, 2.05) is 6.07 Å². The third-order valence-corrected chi connectivity index (χ3v) is 3.51. The summed E-state index contributed by atoms with van der Waals surface area (Å²) in [7, 11) is 0. The zero-order valence-corrected chi connectivity index (χ0v) is 11.8. The second kappa shape index (κ2) is 6.77. The highest BCUT2D eigenvalue weighted by atomic mass is 32.2. The van der Waals surface area contributed by atoms with Crippen molar-refractivity contribution >= 4 is 29.0 Å². The fraction of sp³-hybridized carbons (Fsp3) is 0.0667. The molecular weight excluding hydrogens is 289 g/mol. The molecule has 0 aliphatic heterocycles. The SMILES string of the molecule is N#Cc1cccc(NC(=O)CSc2cc(N)cc(F)c2)c1. The summed E-state index contributed by atoms with van der Waals surface area (Å²) in [5.74, 6) is -0.544. The summed E-state index contributed by atoms with van der Waals surface area (Å²) >= 11 is 1.19. The molecule has 0 saturated heterocycles. The van der Waals surface area contributed by atoms with Crippen LogP contribution in [0, 0.1) is 17.1 Å². The minimum absolute atomic E-state index is 0.125. The molecule has 0 atom stereocenters. The minimum Gasteiger partial charge on any atom is -0.399 e. The average Bonchev–Trinajstić information content (AvgIpc) is 2.44. The number of amides is 1. The van der Waals surface area contributed by atoms with Crippen LogP contribution in [0.5, 0.6) is 0 Å². The number of hydrogen-bond acceptors (Lipinski definition) is 4. The minimum atomic E-state index is -0.431. The maximum absolute atomic E-state index is 13.2. The van der Waals surface area contributed by atoms with E-state index in [1.165, 1.54) is 23.9 Å². The van der Waals surface area contributed by atoms with Crippen molar-refractivity contribution in [1.82, 2.24) is 0 Å². The summed E-state index contributed by atoms with van der Waals surface area (Å²) in [6, 6.07) is 12.8. The molecule has 0 aromatic heterocycles. The lowest BCUT2D eigenvalue weighted by Crippen LogP contribution is -2.14. The zero-order chi connectivity index (χ0) is 15.2. The number of rotatable bonds is 4. The maximum atomic E-state index is 13.2. The van der Waals surface area contributed by atoms with Crippen molar-refractivity contribution in [2.75, 3.05) is 16.8 Å². The van der Waals surface area contributed by atoms with Gasteiger partial charge in [-0.1, -0.05) is 6.07 Å². The second-order valence-electron chi connectivity index (χ2n) is 4.25. The largest absolute Gasteiger partial charge is 0.399 e. The first kappa shape index (κ1) is 14.9. The van der Waals surface area contributed by atoms with Crippen LogP contribution in [0.15, 0.2) is 47.4 Å². The summed E-state index contributed by atoms with van der Waals surface area (Å²) in [4.78, 5) is 12.4. The van der Waals surface area contributed by atoms with E-state index in [0.29, 0.717) is 21.8 Å². The summed E-state index contributed by atoms with van der Waals surface area (Å²) in [5.41, 5.74) is 6.88. The molecule has 0 heterocycles. The summed E-state index contributed by atoms with van der Waals surface area (Å²) in [6.07, 6.45) is 0. The maximum Gasteiger partial charge on any atom is 0.234 e. The number of nitrogens with zero attached hydrogens (tertiary/aromatic N) is 1. The molecule has 0 aliphatic carbocycles. The number of halogens is 1. The Labute approximate surface area is 125 Å². The van der Waals surface area contributed by atoms with Crippen molar-refractivity contribution in [2.24, 2.45) is 0 Å². The Kier molecular flexibility index (Phi) is 4.80. The predicted octanol–water partition coefficient (Wildman–Crippen LogP) is 3.01. The first-order valence-electron chi connectivity index (χ1n) is 6.06. The first-order valence-corrected chi connectivity index (χ1v) is 7.04. The third kappa shape index (κ3) is 4.51. The van der Waals surface area contributed by atoms with Crippen molar-refractivity contribution in [2.45, 2.75) is 4.90 Å². The van der Waals surface area contributed by atoms with E-state index >= 15 is 0 Å². The Hall–Kier alpha value is -2.52. The molecule has 4 nitrogen and oxygen atoms in total. The molecule has 0 saturated carbocycles. The van der Waals surface area contributed by atoms with Gasteiger partial charge in [0.2, 0.25) is 5.91 Å². The van der Waals surface area contributed by atoms with Crippen LogP contribution >= 0.6 is 11.8 Å². The van der Waals surface area contributed by atoms with E-state index in [4.69, 9.17) is 11.0 Å². The molecule has 0 unspecified atom stereocenters. The molecule has 106 valence electrons. The highest BCUT2D eigenvalue weighted by Crippen LogP contribution is 2.22. The Balaban J connectivity index is 1.94. The average molecular weight is 301 g/mol. The summed E-state index contributed by atoms with van der Waals surface area (Å²) in [5, 5.41) is 11.5. The number of nitriles is 1. The van der Waals surface area contributed by atoms with Crippen LogP contribution < -0.4 is 11.1 Å². The number of anilines is 2. The second-order valence-corrected chi connectivity index (χ2v) is 5.30. The van der Waals surface area contributed by atoms with Crippen molar-refractivity contribution in [3.63, 3.8) is 0 Å². The van der Waals surface area contributed by atoms with Gasteiger partial charge < -0.3 is 11.1 Å². The van der Waals surface area contributed by atoms with Crippen LogP contribution in [0.1, 0.15) is 5.56 Å². The van der Waals surface area contributed by atoms with Gasteiger partial charge >= 0.3 is 0 Å². The van der Waals surface area contributed by atoms with Gasteiger partial charge in [-0.2, -0.15) is 5.26 Å². The Morgan fingerprint density at radius 3 is 2.86 bits per heavy atom. The Bertz CT molecular complexity index is 692. The smallest absolute Gasteiger partial charge is 0.234 e. The van der Waals surface area contributed by atoms with E-state index in [-0.39, 0.29) is 11.7 Å². The van der Waals surface area contributed by atoms with Gasteiger partial charge in [0, 0.05) is 16.3 Å². The van der Waals surface area contributed by atoms with Gasteiger partial charge in [-0.15, -0.1) is 11.8 Å². The van der Waals surface area contributed by atoms with E-state index < -0.39 is 5.82 Å². The fourth-order valence-electron chi connectivity index (χ4n) is 1.68. The van der Waals surface area contributed by atoms with Crippen molar-refractivity contribution in [1.29, 1.82) is 5.26 Å². The van der Waals surface area contributed by atoms with Crippen LogP contribution in [0.25, 0.3) is 0 Å². The van der Waals surface area contributed by atoms with Crippen molar-refractivity contribution in [3.8, 4) is 6.07 Å². The molecule has 0 aliphatic rings. The molecule has 21 heavy (non-hydrogen) atoms. The number of carbonyl (C=O) groups excluding carboxylic acids is 1. The number of benzene rings is 2. The lowest BCUT2D eigenvalue weighted by molar-refractivity contribution is -0.113. The zero-order valence-electron chi connectivity index (χ0n) is 11.0. The van der Waals surface area contributed by atoms with Gasteiger partial charge in [0.1, 0.15) is 5.82 Å².